The molecule has 0 unspecified atom stereocenters. The predicted octanol–water partition coefficient (Wildman–Crippen LogP) is 2.48. The van der Waals surface area contributed by atoms with E-state index in [0.717, 1.165) is 5.57 Å². The average Bonchev–Trinajstić information content (AvgIpc) is 2.07. The number of nitrogens with two attached hydrogens (primary N) is 1. The minimum atomic E-state index is 0.494. The van der Waals surface area contributed by atoms with E-state index in [9.17, 15) is 0 Å². The topological polar surface area (TPSA) is 38.4 Å². The number of hydrogen-bond donors (Lipinski definition) is 1. The molecule has 2 N–H and O–H groups in total. The minimum absolute atomic E-state index is 0.494. The molecule has 0 rings (SSSR count). The molecule has 0 aliphatic heterocycles. The van der Waals surface area contributed by atoms with Crippen LogP contribution in [0.4, 0.5) is 0 Å². The summed E-state index contributed by atoms with van der Waals surface area (Å²) in [6.45, 7) is 11.1. The number of aliphatic imine (C=N–C) groups is 1. The lowest BCUT2D eigenvalue weighted by Gasteiger charge is -1.93. The van der Waals surface area contributed by atoms with Crippen molar-refractivity contribution in [3.05, 3.63) is 23.5 Å². The first-order valence-electron chi connectivity index (χ1n) is 3.78. The van der Waals surface area contributed by atoms with E-state index in [1.54, 1.807) is 0 Å². The molecule has 2 heteroatoms. The molecule has 0 saturated heterocycles. The van der Waals surface area contributed by atoms with Crippen molar-refractivity contribution in [2.45, 2.75) is 27.7 Å². The van der Waals surface area contributed by atoms with E-state index in [1.807, 2.05) is 39.8 Å². The van der Waals surface area contributed by atoms with E-state index in [0.29, 0.717) is 5.82 Å². The van der Waals surface area contributed by atoms with Crippen LogP contribution in [0.2, 0.25) is 0 Å². The Morgan fingerprint density at radius 1 is 1.45 bits per heavy atom. The smallest absolute Gasteiger partial charge is 0.125 e. The van der Waals surface area contributed by atoms with Gasteiger partial charge in [0.05, 0.1) is 0 Å². The highest BCUT2D eigenvalue weighted by molar-refractivity contribution is 5.31. The van der Waals surface area contributed by atoms with Crippen LogP contribution in [-0.2, 0) is 0 Å². The van der Waals surface area contributed by atoms with Gasteiger partial charge >= 0.3 is 0 Å². The number of allylic oxidation sites excluding steroid dienone is 3. The van der Waals surface area contributed by atoms with Gasteiger partial charge in [0, 0.05) is 0 Å². The summed E-state index contributed by atoms with van der Waals surface area (Å²) < 4.78 is 0. The zero-order chi connectivity index (χ0) is 9.28. The number of hydrogen-bond acceptors (Lipinski definition) is 2. The highest BCUT2D eigenvalue weighted by Gasteiger charge is 1.85. The van der Waals surface area contributed by atoms with E-state index in [-0.39, 0.29) is 0 Å². The zero-order valence-electron chi connectivity index (χ0n) is 7.89. The standard InChI is InChI=1S/C7H12N2.C2H6/c1-4-5-6(2)7(8)9-3;1-2/h4-5H,3,8H2,1-2H3;1-2H3/b5-4-,7-6-;. The zero-order valence-corrected chi connectivity index (χ0v) is 7.89. The normalized spacial score (nSPS) is 11.6. The van der Waals surface area contributed by atoms with Crippen molar-refractivity contribution in [2.75, 3.05) is 0 Å². The van der Waals surface area contributed by atoms with Crippen LogP contribution in [0.15, 0.2) is 28.5 Å². The first-order chi connectivity index (χ1) is 5.22. The van der Waals surface area contributed by atoms with Crippen molar-refractivity contribution < 1.29 is 0 Å². The van der Waals surface area contributed by atoms with Gasteiger partial charge in [0.1, 0.15) is 5.82 Å². The molecule has 0 spiro atoms. The molecule has 2 nitrogen and oxygen atoms in total. The van der Waals surface area contributed by atoms with Crippen molar-refractivity contribution in [3.63, 3.8) is 0 Å². The maximum absolute atomic E-state index is 5.40. The quantitative estimate of drug-likeness (QED) is 0.481. The lowest BCUT2D eigenvalue weighted by Crippen LogP contribution is -1.94. The van der Waals surface area contributed by atoms with Gasteiger partial charge in [0.25, 0.3) is 0 Å². The monoisotopic (exact) mass is 154 g/mol. The van der Waals surface area contributed by atoms with E-state index < -0.39 is 0 Å². The van der Waals surface area contributed by atoms with Crippen LogP contribution >= 0.6 is 0 Å². The van der Waals surface area contributed by atoms with Gasteiger partial charge in [-0.05, 0) is 26.1 Å². The summed E-state index contributed by atoms with van der Waals surface area (Å²) in [7, 11) is 0. The van der Waals surface area contributed by atoms with Gasteiger partial charge in [-0.3, -0.25) is 0 Å². The maximum atomic E-state index is 5.40. The molecule has 0 aromatic rings. The second-order valence-corrected chi connectivity index (χ2v) is 1.73. The van der Waals surface area contributed by atoms with Crippen LogP contribution in [0.5, 0.6) is 0 Å². The van der Waals surface area contributed by atoms with Gasteiger partial charge in [-0.1, -0.05) is 26.0 Å². The molecule has 0 amide bonds. The van der Waals surface area contributed by atoms with E-state index >= 15 is 0 Å². The van der Waals surface area contributed by atoms with Crippen LogP contribution in [0, 0.1) is 0 Å². The highest BCUT2D eigenvalue weighted by atomic mass is 14.9. The Bertz CT molecular complexity index is 155. The molecule has 0 aliphatic rings. The molecule has 0 aromatic heterocycles. The maximum Gasteiger partial charge on any atom is 0.125 e. The molecule has 0 fully saturated rings. The Hall–Kier alpha value is -1.05. The van der Waals surface area contributed by atoms with Crippen molar-refractivity contribution in [3.8, 4) is 0 Å². The second kappa shape index (κ2) is 8.95. The molecule has 0 atom stereocenters. The third-order valence-electron chi connectivity index (χ3n) is 0.991. The molecule has 0 bridgehead atoms. The van der Waals surface area contributed by atoms with Gasteiger partial charge in [-0.2, -0.15) is 0 Å². The minimum Gasteiger partial charge on any atom is -0.384 e. The summed E-state index contributed by atoms with van der Waals surface area (Å²) in [5.74, 6) is 0.494. The molecular formula is C9H18N2. The van der Waals surface area contributed by atoms with Gasteiger partial charge in [-0.25, -0.2) is 4.99 Å². The van der Waals surface area contributed by atoms with Crippen molar-refractivity contribution in [1.82, 2.24) is 0 Å². The van der Waals surface area contributed by atoms with Crippen molar-refractivity contribution in [1.29, 1.82) is 0 Å². The van der Waals surface area contributed by atoms with Crippen LogP contribution in [0.25, 0.3) is 0 Å². The van der Waals surface area contributed by atoms with E-state index in [2.05, 4.69) is 11.7 Å². The molecule has 0 heterocycles. The van der Waals surface area contributed by atoms with Gasteiger partial charge < -0.3 is 5.73 Å². The number of nitrogens with zero attached hydrogens (tertiary/aromatic N) is 1. The largest absolute Gasteiger partial charge is 0.384 e. The fourth-order valence-electron chi connectivity index (χ4n) is 0.460. The Morgan fingerprint density at radius 3 is 2.18 bits per heavy atom. The Labute approximate surface area is 69.5 Å². The SMILES string of the molecule is C=N/C(N)=C(C)\C=C/C.CC. The fourth-order valence-corrected chi connectivity index (χ4v) is 0.460. The molecule has 0 radical (unpaired) electrons. The van der Waals surface area contributed by atoms with Crippen LogP contribution in [0.3, 0.4) is 0 Å². The summed E-state index contributed by atoms with van der Waals surface area (Å²) in [5.41, 5.74) is 6.35. The Balaban J connectivity index is 0. The Kier molecular flexibility index (Phi) is 10.3. The van der Waals surface area contributed by atoms with Gasteiger partial charge in [0.15, 0.2) is 0 Å². The third-order valence-corrected chi connectivity index (χ3v) is 0.991. The Morgan fingerprint density at radius 2 is 1.91 bits per heavy atom. The molecule has 0 aromatic carbocycles. The van der Waals surface area contributed by atoms with Crippen molar-refractivity contribution in [2.24, 2.45) is 10.7 Å². The summed E-state index contributed by atoms with van der Waals surface area (Å²) in [4.78, 5) is 3.56. The van der Waals surface area contributed by atoms with Crippen LogP contribution in [-0.4, -0.2) is 6.72 Å². The van der Waals surface area contributed by atoms with E-state index in [4.69, 9.17) is 5.73 Å². The molecule has 64 valence electrons. The lowest BCUT2D eigenvalue weighted by molar-refractivity contribution is 1.20. The van der Waals surface area contributed by atoms with E-state index in [1.165, 1.54) is 0 Å². The molecule has 11 heavy (non-hydrogen) atoms. The molecule has 0 saturated carbocycles. The first-order valence-corrected chi connectivity index (χ1v) is 3.78. The van der Waals surface area contributed by atoms with Crippen LogP contribution in [0.1, 0.15) is 27.7 Å². The predicted molar refractivity (Wildman–Crippen MR) is 52.6 cm³/mol. The molecule has 0 aliphatic carbocycles. The summed E-state index contributed by atoms with van der Waals surface area (Å²) in [6.07, 6.45) is 3.80. The fraction of sp³-hybridized carbons (Fsp3) is 0.444. The van der Waals surface area contributed by atoms with Crippen LogP contribution < -0.4 is 5.73 Å². The number of rotatable bonds is 2. The van der Waals surface area contributed by atoms with Gasteiger partial charge in [-0.15, -0.1) is 0 Å². The highest BCUT2D eigenvalue weighted by Crippen LogP contribution is 1.98. The van der Waals surface area contributed by atoms with Crippen molar-refractivity contribution >= 4 is 6.72 Å². The second-order valence-electron chi connectivity index (χ2n) is 1.73. The molecular weight excluding hydrogens is 136 g/mol. The lowest BCUT2D eigenvalue weighted by atomic mass is 10.3. The first kappa shape index (κ1) is 12.6. The summed E-state index contributed by atoms with van der Waals surface area (Å²) in [6, 6.07) is 0. The summed E-state index contributed by atoms with van der Waals surface area (Å²) >= 11 is 0. The van der Waals surface area contributed by atoms with Gasteiger partial charge in [0.2, 0.25) is 0 Å². The summed E-state index contributed by atoms with van der Waals surface area (Å²) in [5, 5.41) is 0. The third kappa shape index (κ3) is 6.84. The average molecular weight is 154 g/mol.